The number of imidazole rings is 1. The van der Waals surface area contributed by atoms with E-state index in [1.807, 2.05) is 30.0 Å². The van der Waals surface area contributed by atoms with Gasteiger partial charge in [-0.2, -0.15) is 0 Å². The standard InChI is InChI=1S/C23H28N6O/c1-15-8-9-16-4-2-6-18(21(16)26-15)25-14-20-27-19-7-3-5-17(22(19)28-20)23(30)29-12-10-24-11-13-29/h3,5,7-9,18,24-25H,2,4,6,10-14H2,1H3,(H,27,28). The van der Waals surface area contributed by atoms with Gasteiger partial charge in [-0.1, -0.05) is 12.1 Å². The van der Waals surface area contributed by atoms with E-state index in [0.29, 0.717) is 12.1 Å². The van der Waals surface area contributed by atoms with Gasteiger partial charge in [0.15, 0.2) is 0 Å². The Bertz CT molecular complexity index is 1070. The van der Waals surface area contributed by atoms with Crippen LogP contribution in [0.1, 0.15) is 52.0 Å². The second-order valence-electron chi connectivity index (χ2n) is 8.25. The van der Waals surface area contributed by atoms with Gasteiger partial charge in [-0.05, 0) is 49.9 Å². The number of hydrogen-bond acceptors (Lipinski definition) is 5. The average molecular weight is 405 g/mol. The molecule has 5 rings (SSSR count). The van der Waals surface area contributed by atoms with Crippen molar-refractivity contribution in [2.75, 3.05) is 26.2 Å². The Hall–Kier alpha value is -2.77. The van der Waals surface area contributed by atoms with Crippen molar-refractivity contribution < 1.29 is 4.79 Å². The first-order chi connectivity index (χ1) is 14.7. The summed E-state index contributed by atoms with van der Waals surface area (Å²) in [6.07, 6.45) is 3.35. The molecule has 1 aromatic carbocycles. The monoisotopic (exact) mass is 404 g/mol. The van der Waals surface area contributed by atoms with Crippen molar-refractivity contribution in [1.82, 2.24) is 30.5 Å². The summed E-state index contributed by atoms with van der Waals surface area (Å²) >= 11 is 0. The SMILES string of the molecule is Cc1ccc2c(n1)C(NCc1nc3c(C(=O)N4CCNCC4)cccc3[nH]1)CCC2. The van der Waals surface area contributed by atoms with Crippen LogP contribution in [0.2, 0.25) is 0 Å². The van der Waals surface area contributed by atoms with Crippen molar-refractivity contribution in [2.24, 2.45) is 0 Å². The zero-order valence-corrected chi connectivity index (χ0v) is 17.4. The van der Waals surface area contributed by atoms with Gasteiger partial charge in [0, 0.05) is 31.9 Å². The lowest BCUT2D eigenvalue weighted by atomic mass is 9.91. The molecule has 1 unspecified atom stereocenters. The normalized spacial score (nSPS) is 19.1. The number of benzene rings is 1. The van der Waals surface area contributed by atoms with Gasteiger partial charge in [0.1, 0.15) is 11.3 Å². The Kier molecular flexibility index (Phi) is 5.23. The highest BCUT2D eigenvalue weighted by Gasteiger charge is 2.23. The predicted octanol–water partition coefficient (Wildman–Crippen LogP) is 2.48. The van der Waals surface area contributed by atoms with Gasteiger partial charge in [-0.15, -0.1) is 0 Å². The predicted molar refractivity (Wildman–Crippen MR) is 116 cm³/mol. The number of fused-ring (bicyclic) bond motifs is 2. The maximum absolute atomic E-state index is 13.0. The summed E-state index contributed by atoms with van der Waals surface area (Å²) in [7, 11) is 0. The number of para-hydroxylation sites is 1. The van der Waals surface area contributed by atoms with Crippen LogP contribution in [0, 0.1) is 6.92 Å². The lowest BCUT2D eigenvalue weighted by Crippen LogP contribution is -2.46. The molecule has 0 radical (unpaired) electrons. The number of carbonyl (C=O) groups excluding carboxylic acids is 1. The third-order valence-electron chi connectivity index (χ3n) is 6.13. The van der Waals surface area contributed by atoms with Gasteiger partial charge >= 0.3 is 0 Å². The summed E-state index contributed by atoms with van der Waals surface area (Å²) in [4.78, 5) is 27.9. The van der Waals surface area contributed by atoms with Crippen molar-refractivity contribution in [3.05, 3.63) is 58.7 Å². The molecule has 3 heterocycles. The Labute approximate surface area is 176 Å². The molecule has 1 fully saturated rings. The Morgan fingerprint density at radius 2 is 2.07 bits per heavy atom. The van der Waals surface area contributed by atoms with Gasteiger partial charge < -0.3 is 20.5 Å². The second-order valence-corrected chi connectivity index (χ2v) is 8.25. The van der Waals surface area contributed by atoms with E-state index < -0.39 is 0 Å². The van der Waals surface area contributed by atoms with E-state index in [2.05, 4.69) is 27.8 Å². The topological polar surface area (TPSA) is 85.9 Å². The molecular formula is C23H28N6O. The minimum atomic E-state index is 0.0639. The van der Waals surface area contributed by atoms with Gasteiger partial charge in [0.25, 0.3) is 5.91 Å². The number of aromatic nitrogens is 3. The molecule has 3 N–H and O–H groups in total. The molecule has 7 heteroatoms. The van der Waals surface area contributed by atoms with Gasteiger partial charge in [-0.25, -0.2) is 4.98 Å². The zero-order valence-electron chi connectivity index (χ0n) is 17.4. The summed E-state index contributed by atoms with van der Waals surface area (Å²) < 4.78 is 0. The van der Waals surface area contributed by atoms with Crippen LogP contribution < -0.4 is 10.6 Å². The Morgan fingerprint density at radius 3 is 2.93 bits per heavy atom. The fraction of sp³-hybridized carbons (Fsp3) is 0.435. The molecule has 1 saturated heterocycles. The van der Waals surface area contributed by atoms with E-state index in [1.165, 1.54) is 17.7 Å². The number of piperazine rings is 1. The minimum absolute atomic E-state index is 0.0639. The third kappa shape index (κ3) is 3.70. The highest BCUT2D eigenvalue weighted by atomic mass is 16.2. The first-order valence-electron chi connectivity index (χ1n) is 10.9. The van der Waals surface area contributed by atoms with Crippen LogP contribution in [-0.4, -0.2) is 51.9 Å². The van der Waals surface area contributed by atoms with Crippen molar-refractivity contribution in [3.8, 4) is 0 Å². The van der Waals surface area contributed by atoms with Crippen LogP contribution in [0.3, 0.4) is 0 Å². The number of nitrogens with one attached hydrogen (secondary N) is 3. The van der Waals surface area contributed by atoms with E-state index in [0.717, 1.165) is 61.6 Å². The van der Waals surface area contributed by atoms with E-state index in [1.54, 1.807) is 0 Å². The maximum atomic E-state index is 13.0. The molecule has 0 spiro atoms. The molecule has 1 atom stereocenters. The van der Waals surface area contributed by atoms with Gasteiger partial charge in [0.2, 0.25) is 0 Å². The van der Waals surface area contributed by atoms with E-state index in [-0.39, 0.29) is 11.9 Å². The number of H-pyrrole nitrogens is 1. The Morgan fingerprint density at radius 1 is 1.20 bits per heavy atom. The van der Waals surface area contributed by atoms with E-state index in [9.17, 15) is 4.79 Å². The molecule has 7 nitrogen and oxygen atoms in total. The summed E-state index contributed by atoms with van der Waals surface area (Å²) in [5, 5.41) is 6.93. The highest BCUT2D eigenvalue weighted by Crippen LogP contribution is 2.28. The van der Waals surface area contributed by atoms with E-state index >= 15 is 0 Å². The van der Waals surface area contributed by atoms with Crippen LogP contribution in [-0.2, 0) is 13.0 Å². The number of hydrogen-bond donors (Lipinski definition) is 3. The molecule has 156 valence electrons. The average Bonchev–Trinajstić information content (AvgIpc) is 3.21. The number of carbonyl (C=O) groups is 1. The number of amides is 1. The van der Waals surface area contributed by atoms with Crippen molar-refractivity contribution >= 4 is 16.9 Å². The first kappa shape index (κ1) is 19.2. The number of aromatic amines is 1. The first-order valence-corrected chi connectivity index (χ1v) is 10.9. The largest absolute Gasteiger partial charge is 0.341 e. The van der Waals surface area contributed by atoms with Crippen molar-refractivity contribution in [2.45, 2.75) is 38.8 Å². The molecule has 0 bridgehead atoms. The molecule has 1 aliphatic heterocycles. The fourth-order valence-electron chi connectivity index (χ4n) is 4.55. The summed E-state index contributed by atoms with van der Waals surface area (Å²) in [5.74, 6) is 0.916. The van der Waals surface area contributed by atoms with Crippen LogP contribution in [0.25, 0.3) is 11.0 Å². The molecule has 30 heavy (non-hydrogen) atoms. The molecule has 1 aliphatic carbocycles. The number of pyridine rings is 1. The molecule has 2 aliphatic rings. The Balaban J connectivity index is 1.35. The molecule has 0 saturated carbocycles. The lowest BCUT2D eigenvalue weighted by Gasteiger charge is -2.27. The third-order valence-corrected chi connectivity index (χ3v) is 6.13. The van der Waals surface area contributed by atoms with Crippen molar-refractivity contribution in [3.63, 3.8) is 0 Å². The zero-order chi connectivity index (χ0) is 20.5. The maximum Gasteiger partial charge on any atom is 0.256 e. The summed E-state index contributed by atoms with van der Waals surface area (Å²) in [6.45, 7) is 5.82. The van der Waals surface area contributed by atoms with Crippen molar-refractivity contribution in [1.29, 1.82) is 0 Å². The smallest absolute Gasteiger partial charge is 0.256 e. The fourth-order valence-corrected chi connectivity index (χ4v) is 4.55. The number of rotatable bonds is 4. The number of nitrogens with zero attached hydrogens (tertiary/aromatic N) is 3. The van der Waals surface area contributed by atoms with Crippen LogP contribution in [0.4, 0.5) is 0 Å². The van der Waals surface area contributed by atoms with Crippen LogP contribution >= 0.6 is 0 Å². The lowest BCUT2D eigenvalue weighted by molar-refractivity contribution is 0.0737. The molecule has 2 aromatic heterocycles. The van der Waals surface area contributed by atoms with Crippen LogP contribution in [0.5, 0.6) is 0 Å². The van der Waals surface area contributed by atoms with Gasteiger partial charge in [0.05, 0.1) is 29.4 Å². The molecule has 1 amide bonds. The van der Waals surface area contributed by atoms with Crippen LogP contribution in [0.15, 0.2) is 30.3 Å². The number of aryl methyl sites for hydroxylation is 2. The molecule has 3 aromatic rings. The quantitative estimate of drug-likeness (QED) is 0.622. The molecular weight excluding hydrogens is 376 g/mol. The summed E-state index contributed by atoms with van der Waals surface area (Å²) in [6, 6.07) is 10.3. The highest BCUT2D eigenvalue weighted by molar-refractivity contribution is 6.04. The summed E-state index contributed by atoms with van der Waals surface area (Å²) in [5.41, 5.74) is 5.92. The minimum Gasteiger partial charge on any atom is -0.341 e. The van der Waals surface area contributed by atoms with Gasteiger partial charge in [-0.3, -0.25) is 9.78 Å². The van der Waals surface area contributed by atoms with E-state index in [4.69, 9.17) is 9.97 Å². The second kappa shape index (κ2) is 8.16.